The van der Waals surface area contributed by atoms with Crippen LogP contribution in [0.2, 0.25) is 0 Å². The van der Waals surface area contributed by atoms with E-state index < -0.39 is 5.72 Å². The van der Waals surface area contributed by atoms with Crippen LogP contribution >= 0.6 is 0 Å². The lowest BCUT2D eigenvalue weighted by Crippen LogP contribution is -2.48. The van der Waals surface area contributed by atoms with E-state index >= 15 is 0 Å². The maximum absolute atomic E-state index is 6.49. The van der Waals surface area contributed by atoms with Gasteiger partial charge in [-0.05, 0) is 75.2 Å². The minimum atomic E-state index is -0.909. The third-order valence-electron chi connectivity index (χ3n) is 4.84. The van der Waals surface area contributed by atoms with Gasteiger partial charge in [-0.2, -0.15) is 5.06 Å². The molecule has 0 radical (unpaired) electrons. The van der Waals surface area contributed by atoms with Crippen LogP contribution in [0.25, 0.3) is 0 Å². The van der Waals surface area contributed by atoms with Gasteiger partial charge in [0.05, 0.1) is 36.6 Å². The highest BCUT2D eigenvalue weighted by Crippen LogP contribution is 2.24. The summed E-state index contributed by atoms with van der Waals surface area (Å²) in [5.74, 6) is 0. The Balaban J connectivity index is 4.77. The first kappa shape index (κ1) is 32.7. The van der Waals surface area contributed by atoms with Crippen LogP contribution in [0, 0.1) is 0 Å². The minimum Gasteiger partial charge on any atom is -0.379 e. The van der Waals surface area contributed by atoms with Gasteiger partial charge in [0.25, 0.3) is 0 Å². The predicted molar refractivity (Wildman–Crippen MR) is 133 cm³/mol. The molecular formula is C25H54N2O6. The quantitative estimate of drug-likeness (QED) is 0.215. The van der Waals surface area contributed by atoms with Crippen molar-refractivity contribution in [2.24, 2.45) is 5.73 Å². The Bertz CT molecular complexity index is 494. The van der Waals surface area contributed by atoms with Crippen LogP contribution in [-0.4, -0.2) is 80.5 Å². The third-order valence-corrected chi connectivity index (χ3v) is 4.84. The molecule has 0 aromatic rings. The minimum absolute atomic E-state index is 0.0322. The summed E-state index contributed by atoms with van der Waals surface area (Å²) >= 11 is 0. The second-order valence-corrected chi connectivity index (χ2v) is 10.8. The van der Waals surface area contributed by atoms with Crippen molar-refractivity contribution in [3.05, 3.63) is 0 Å². The largest absolute Gasteiger partial charge is 0.379 e. The summed E-state index contributed by atoms with van der Waals surface area (Å²) in [5.41, 5.74) is 5.03. The molecule has 200 valence electrons. The van der Waals surface area contributed by atoms with Crippen LogP contribution in [0.5, 0.6) is 0 Å². The number of nitrogens with zero attached hydrogens (tertiary/aromatic N) is 1. The Morgan fingerprint density at radius 3 is 2.06 bits per heavy atom. The highest BCUT2D eigenvalue weighted by atomic mass is 16.7. The Hall–Kier alpha value is -0.320. The molecule has 0 spiro atoms. The van der Waals surface area contributed by atoms with Crippen LogP contribution < -0.4 is 5.73 Å². The fraction of sp³-hybridized carbons (Fsp3) is 1.00. The van der Waals surface area contributed by atoms with Gasteiger partial charge in [-0.1, -0.05) is 6.92 Å². The Labute approximate surface area is 203 Å². The van der Waals surface area contributed by atoms with Crippen molar-refractivity contribution in [3.63, 3.8) is 0 Å². The molecule has 8 heteroatoms. The predicted octanol–water partition coefficient (Wildman–Crippen LogP) is 4.50. The lowest BCUT2D eigenvalue weighted by Gasteiger charge is -2.36. The zero-order valence-electron chi connectivity index (χ0n) is 23.4. The maximum Gasteiger partial charge on any atom is 0.124 e. The van der Waals surface area contributed by atoms with Crippen molar-refractivity contribution in [1.82, 2.24) is 5.06 Å². The average Bonchev–Trinajstić information content (AvgIpc) is 2.65. The molecule has 0 aliphatic heterocycles. The second kappa shape index (κ2) is 15.6. The van der Waals surface area contributed by atoms with E-state index in [1.165, 1.54) is 0 Å². The number of nitrogens with two attached hydrogens (primary N) is 1. The maximum atomic E-state index is 6.49. The van der Waals surface area contributed by atoms with Crippen molar-refractivity contribution in [1.29, 1.82) is 0 Å². The summed E-state index contributed by atoms with van der Waals surface area (Å²) in [4.78, 5) is 5.93. The molecule has 3 atom stereocenters. The van der Waals surface area contributed by atoms with Crippen LogP contribution in [0.15, 0.2) is 0 Å². The van der Waals surface area contributed by atoms with Gasteiger partial charge in [0, 0.05) is 26.7 Å². The van der Waals surface area contributed by atoms with Gasteiger partial charge in [-0.3, -0.25) is 4.84 Å². The molecule has 0 saturated carbocycles. The molecule has 0 saturated heterocycles. The molecule has 33 heavy (non-hydrogen) atoms. The molecule has 0 aliphatic carbocycles. The lowest BCUT2D eigenvalue weighted by molar-refractivity contribution is -0.256. The van der Waals surface area contributed by atoms with Gasteiger partial charge >= 0.3 is 0 Å². The summed E-state index contributed by atoms with van der Waals surface area (Å²) in [6.45, 7) is 22.7. The van der Waals surface area contributed by atoms with E-state index in [2.05, 4.69) is 41.5 Å². The standard InChI is InChI=1S/C25H54N2O6/c1-12-21(18-29-20(3)4)33-27(11)19-31-25(10,26)16-22(17-28-13-2)32-24(8,9)14-15-30-23(5,6)7/h20-22H,12-19,26H2,1-11H3. The highest BCUT2D eigenvalue weighted by Gasteiger charge is 2.31. The normalized spacial score (nSPS) is 16.9. The van der Waals surface area contributed by atoms with Crippen LogP contribution in [0.4, 0.5) is 0 Å². The average molecular weight is 479 g/mol. The number of rotatable bonds is 19. The molecule has 3 unspecified atom stereocenters. The lowest BCUT2D eigenvalue weighted by atomic mass is 10.0. The van der Waals surface area contributed by atoms with E-state index in [9.17, 15) is 0 Å². The molecule has 8 nitrogen and oxygen atoms in total. The van der Waals surface area contributed by atoms with E-state index in [1.807, 2.05) is 34.7 Å². The molecule has 0 aromatic carbocycles. The molecule has 0 aliphatic rings. The fourth-order valence-electron chi connectivity index (χ4n) is 3.05. The van der Waals surface area contributed by atoms with E-state index in [-0.39, 0.29) is 36.2 Å². The first-order valence-electron chi connectivity index (χ1n) is 12.4. The monoisotopic (exact) mass is 478 g/mol. The Morgan fingerprint density at radius 1 is 0.909 bits per heavy atom. The van der Waals surface area contributed by atoms with Crippen molar-refractivity contribution in [2.75, 3.05) is 40.2 Å². The molecular weight excluding hydrogens is 424 g/mol. The molecule has 0 heterocycles. The topological polar surface area (TPSA) is 84.6 Å². The van der Waals surface area contributed by atoms with Crippen molar-refractivity contribution < 1.29 is 28.5 Å². The smallest absolute Gasteiger partial charge is 0.124 e. The fourth-order valence-corrected chi connectivity index (χ4v) is 3.05. The van der Waals surface area contributed by atoms with E-state index in [0.29, 0.717) is 32.8 Å². The van der Waals surface area contributed by atoms with E-state index in [0.717, 1.165) is 12.8 Å². The van der Waals surface area contributed by atoms with Crippen molar-refractivity contribution >= 4 is 0 Å². The zero-order chi connectivity index (χ0) is 25.7. The summed E-state index contributed by atoms with van der Waals surface area (Å²) < 4.78 is 29.6. The van der Waals surface area contributed by atoms with Gasteiger partial charge in [0.15, 0.2) is 0 Å². The Kier molecular flexibility index (Phi) is 15.5. The summed E-state index contributed by atoms with van der Waals surface area (Å²) in [6.07, 6.45) is 2.02. The van der Waals surface area contributed by atoms with Crippen LogP contribution in [0.3, 0.4) is 0 Å². The number of hydrogen-bond donors (Lipinski definition) is 1. The van der Waals surface area contributed by atoms with Crippen LogP contribution in [-0.2, 0) is 28.5 Å². The first-order chi connectivity index (χ1) is 15.1. The molecule has 0 bridgehead atoms. The van der Waals surface area contributed by atoms with E-state index in [1.54, 1.807) is 5.06 Å². The second-order valence-electron chi connectivity index (χ2n) is 10.8. The summed E-state index contributed by atoms with van der Waals surface area (Å²) in [7, 11) is 1.83. The molecule has 0 amide bonds. The van der Waals surface area contributed by atoms with Gasteiger partial charge in [0.2, 0.25) is 0 Å². The third kappa shape index (κ3) is 18.7. The summed E-state index contributed by atoms with van der Waals surface area (Å²) in [6, 6.07) is 0. The van der Waals surface area contributed by atoms with Crippen LogP contribution in [0.1, 0.15) is 88.5 Å². The van der Waals surface area contributed by atoms with Gasteiger partial charge in [0.1, 0.15) is 18.6 Å². The van der Waals surface area contributed by atoms with Gasteiger partial charge in [-0.15, -0.1) is 0 Å². The number of ether oxygens (including phenoxy) is 5. The molecule has 2 N–H and O–H groups in total. The van der Waals surface area contributed by atoms with Gasteiger partial charge in [-0.25, -0.2) is 0 Å². The summed E-state index contributed by atoms with van der Waals surface area (Å²) in [5, 5.41) is 1.66. The highest BCUT2D eigenvalue weighted by molar-refractivity contribution is 4.78. The zero-order valence-corrected chi connectivity index (χ0v) is 23.4. The van der Waals surface area contributed by atoms with Gasteiger partial charge < -0.3 is 29.4 Å². The first-order valence-corrected chi connectivity index (χ1v) is 12.4. The van der Waals surface area contributed by atoms with Crippen molar-refractivity contribution in [2.45, 2.75) is 124 Å². The van der Waals surface area contributed by atoms with Crippen molar-refractivity contribution in [3.8, 4) is 0 Å². The van der Waals surface area contributed by atoms with E-state index in [4.69, 9.17) is 34.3 Å². The molecule has 0 aromatic heterocycles. The molecule has 0 rings (SSSR count). The Morgan fingerprint density at radius 2 is 1.55 bits per heavy atom. The molecule has 0 fully saturated rings. The number of hydroxylamine groups is 2. The number of hydrogen-bond acceptors (Lipinski definition) is 8. The SMILES string of the molecule is CCOCC(CC(C)(N)OCN(C)OC(CC)COC(C)C)OC(C)(C)CCOC(C)(C)C.